The van der Waals surface area contributed by atoms with Gasteiger partial charge in [-0.3, -0.25) is 0 Å². The number of halogens is 2. The molecule has 0 amide bonds. The van der Waals surface area contributed by atoms with Crippen molar-refractivity contribution in [2.24, 2.45) is 0 Å². The first kappa shape index (κ1) is 12.6. The van der Waals surface area contributed by atoms with E-state index in [9.17, 15) is 8.78 Å². The minimum absolute atomic E-state index is 0.199. The quantitative estimate of drug-likeness (QED) is 0.835. The lowest BCUT2D eigenvalue weighted by Gasteiger charge is -2.17. The Morgan fingerprint density at radius 2 is 2.06 bits per heavy atom. The van der Waals surface area contributed by atoms with E-state index in [1.807, 2.05) is 19.1 Å². The molecule has 1 heterocycles. The molecule has 1 fully saturated rings. The second-order valence-corrected chi connectivity index (χ2v) is 5.08. The largest absolute Gasteiger partial charge is 0.380 e. The highest BCUT2D eigenvalue weighted by Gasteiger charge is 2.23. The topological polar surface area (TPSA) is 21.3 Å². The Morgan fingerprint density at radius 3 is 2.59 bits per heavy atom. The van der Waals surface area contributed by atoms with E-state index >= 15 is 0 Å². The first-order valence-electron chi connectivity index (χ1n) is 5.58. The molecule has 0 bridgehead atoms. The van der Waals surface area contributed by atoms with Crippen LogP contribution in [-0.4, -0.2) is 24.5 Å². The lowest BCUT2D eigenvalue weighted by Crippen LogP contribution is -2.26. The highest BCUT2D eigenvalue weighted by atomic mass is 32.2. The van der Waals surface area contributed by atoms with Gasteiger partial charge >= 0.3 is 0 Å². The molecule has 1 aliphatic heterocycles. The zero-order valence-corrected chi connectivity index (χ0v) is 10.3. The molecule has 94 valence electrons. The van der Waals surface area contributed by atoms with Crippen molar-refractivity contribution in [1.82, 2.24) is 0 Å². The second kappa shape index (κ2) is 5.69. The molecule has 0 aromatic heterocycles. The molecule has 5 heteroatoms. The van der Waals surface area contributed by atoms with E-state index in [4.69, 9.17) is 4.74 Å². The number of alkyl halides is 2. The number of ether oxygens (including phenoxy) is 1. The van der Waals surface area contributed by atoms with Crippen molar-refractivity contribution in [2.75, 3.05) is 11.9 Å². The van der Waals surface area contributed by atoms with Gasteiger partial charge < -0.3 is 10.1 Å². The predicted octanol–water partition coefficient (Wildman–Crippen LogP) is 3.59. The smallest absolute Gasteiger partial charge is 0.288 e. The van der Waals surface area contributed by atoms with Crippen LogP contribution in [0.1, 0.15) is 13.3 Å². The maximum Gasteiger partial charge on any atom is 0.288 e. The third-order valence-electron chi connectivity index (χ3n) is 2.81. The van der Waals surface area contributed by atoms with E-state index in [-0.39, 0.29) is 6.10 Å². The number of rotatable bonds is 4. The average Bonchev–Trinajstić information content (AvgIpc) is 2.67. The number of thioether (sulfide) groups is 1. The van der Waals surface area contributed by atoms with Crippen LogP contribution in [0.4, 0.5) is 14.5 Å². The number of hydrogen-bond donors (Lipinski definition) is 1. The Labute approximate surface area is 104 Å². The molecule has 2 unspecified atom stereocenters. The van der Waals surface area contributed by atoms with Crippen molar-refractivity contribution < 1.29 is 13.5 Å². The van der Waals surface area contributed by atoms with Crippen LogP contribution in [0.2, 0.25) is 0 Å². The van der Waals surface area contributed by atoms with Gasteiger partial charge in [0, 0.05) is 17.2 Å². The molecule has 1 saturated heterocycles. The lowest BCUT2D eigenvalue weighted by atomic mass is 10.1. The highest BCUT2D eigenvalue weighted by Crippen LogP contribution is 2.27. The van der Waals surface area contributed by atoms with Gasteiger partial charge in [0.1, 0.15) is 0 Å². The molecule has 2 nitrogen and oxygen atoms in total. The number of nitrogens with one attached hydrogen (secondary N) is 1. The maximum atomic E-state index is 12.1. The summed E-state index contributed by atoms with van der Waals surface area (Å²) in [6.07, 6.45) is 1.18. The van der Waals surface area contributed by atoms with E-state index in [1.165, 1.54) is 0 Å². The molecule has 1 aromatic rings. The standard InChI is InChI=1S/C12H15F2NOS/c1-8-11(6-7-16-8)15-9-2-4-10(5-3-9)17-12(13)14/h2-5,8,11-12,15H,6-7H2,1H3. The fourth-order valence-corrected chi connectivity index (χ4v) is 2.37. The van der Waals surface area contributed by atoms with Crippen LogP contribution < -0.4 is 5.32 Å². The third kappa shape index (κ3) is 3.57. The van der Waals surface area contributed by atoms with E-state index in [0.29, 0.717) is 22.7 Å². The average molecular weight is 259 g/mol. The summed E-state index contributed by atoms with van der Waals surface area (Å²) in [5, 5.41) is 3.35. The number of benzene rings is 1. The van der Waals surface area contributed by atoms with E-state index in [0.717, 1.165) is 18.7 Å². The molecule has 1 N–H and O–H groups in total. The summed E-state index contributed by atoms with van der Waals surface area (Å²) in [7, 11) is 0. The van der Waals surface area contributed by atoms with Gasteiger partial charge in [0.2, 0.25) is 0 Å². The maximum absolute atomic E-state index is 12.1. The third-order valence-corrected chi connectivity index (χ3v) is 3.53. The van der Waals surface area contributed by atoms with Gasteiger partial charge in [-0.2, -0.15) is 8.78 Å². The Bertz CT molecular complexity index is 358. The Hall–Kier alpha value is -0.810. The van der Waals surface area contributed by atoms with Gasteiger partial charge in [0.05, 0.1) is 12.1 Å². The normalized spacial score (nSPS) is 24.2. The van der Waals surface area contributed by atoms with Crippen molar-refractivity contribution in [1.29, 1.82) is 0 Å². The summed E-state index contributed by atoms with van der Waals surface area (Å²) in [5.41, 5.74) is 0.950. The molecule has 0 aliphatic carbocycles. The van der Waals surface area contributed by atoms with Crippen molar-refractivity contribution >= 4 is 17.4 Å². The minimum atomic E-state index is -2.36. The van der Waals surface area contributed by atoms with Gasteiger partial charge in [0.25, 0.3) is 5.76 Å². The Kier molecular flexibility index (Phi) is 4.23. The molecular weight excluding hydrogens is 244 g/mol. The van der Waals surface area contributed by atoms with Crippen LogP contribution in [0.15, 0.2) is 29.2 Å². The zero-order chi connectivity index (χ0) is 12.3. The van der Waals surface area contributed by atoms with E-state index in [1.54, 1.807) is 12.1 Å². The molecular formula is C12H15F2NOS. The summed E-state index contributed by atoms with van der Waals surface area (Å²) < 4.78 is 29.7. The molecule has 0 saturated carbocycles. The fraction of sp³-hybridized carbons (Fsp3) is 0.500. The first-order valence-corrected chi connectivity index (χ1v) is 6.46. The Balaban J connectivity index is 1.93. The van der Waals surface area contributed by atoms with Crippen LogP contribution in [0, 0.1) is 0 Å². The second-order valence-electron chi connectivity index (χ2n) is 4.02. The first-order chi connectivity index (χ1) is 8.15. The summed E-state index contributed by atoms with van der Waals surface area (Å²) >= 11 is 0.565. The van der Waals surface area contributed by atoms with E-state index in [2.05, 4.69) is 5.32 Å². The monoisotopic (exact) mass is 259 g/mol. The Morgan fingerprint density at radius 1 is 1.35 bits per heavy atom. The molecule has 0 radical (unpaired) electrons. The van der Waals surface area contributed by atoms with Crippen molar-refractivity contribution in [3.05, 3.63) is 24.3 Å². The summed E-state index contributed by atoms with van der Waals surface area (Å²) in [4.78, 5) is 0.585. The van der Waals surface area contributed by atoms with E-state index < -0.39 is 5.76 Å². The van der Waals surface area contributed by atoms with Crippen molar-refractivity contribution in [3.63, 3.8) is 0 Å². The lowest BCUT2D eigenvalue weighted by molar-refractivity contribution is 0.121. The van der Waals surface area contributed by atoms with Crippen LogP contribution >= 0.6 is 11.8 Å². The summed E-state index contributed by atoms with van der Waals surface area (Å²) in [6, 6.07) is 7.38. The zero-order valence-electron chi connectivity index (χ0n) is 9.53. The predicted molar refractivity (Wildman–Crippen MR) is 65.7 cm³/mol. The number of hydrogen-bond acceptors (Lipinski definition) is 3. The van der Waals surface area contributed by atoms with Crippen LogP contribution in [-0.2, 0) is 4.74 Å². The molecule has 17 heavy (non-hydrogen) atoms. The molecule has 0 spiro atoms. The molecule has 2 rings (SSSR count). The van der Waals surface area contributed by atoms with Crippen molar-refractivity contribution in [2.45, 2.75) is 36.1 Å². The summed E-state index contributed by atoms with van der Waals surface area (Å²) in [5.74, 6) is -2.36. The van der Waals surface area contributed by atoms with Crippen LogP contribution in [0.25, 0.3) is 0 Å². The molecule has 1 aromatic carbocycles. The SMILES string of the molecule is CC1OCCC1Nc1ccc(SC(F)F)cc1. The fourth-order valence-electron chi connectivity index (χ4n) is 1.87. The highest BCUT2D eigenvalue weighted by molar-refractivity contribution is 7.99. The minimum Gasteiger partial charge on any atom is -0.380 e. The van der Waals surface area contributed by atoms with Crippen molar-refractivity contribution in [3.8, 4) is 0 Å². The van der Waals surface area contributed by atoms with Crippen LogP contribution in [0.5, 0.6) is 0 Å². The molecule has 1 aliphatic rings. The summed E-state index contributed by atoms with van der Waals surface area (Å²) in [6.45, 7) is 2.81. The van der Waals surface area contributed by atoms with Gasteiger partial charge in [-0.1, -0.05) is 11.8 Å². The number of anilines is 1. The van der Waals surface area contributed by atoms with Gasteiger partial charge in [-0.15, -0.1) is 0 Å². The van der Waals surface area contributed by atoms with Crippen LogP contribution in [0.3, 0.4) is 0 Å². The molecule has 2 atom stereocenters. The van der Waals surface area contributed by atoms with Gasteiger partial charge in [-0.05, 0) is 37.6 Å². The van der Waals surface area contributed by atoms with Gasteiger partial charge in [0.15, 0.2) is 0 Å². The van der Waals surface area contributed by atoms with Gasteiger partial charge in [-0.25, -0.2) is 0 Å².